The molecule has 3 rings (SSSR count). The van der Waals surface area contributed by atoms with E-state index in [1.807, 2.05) is 11.2 Å². The molecule has 122 valence electrons. The Hall–Kier alpha value is -1.40. The Morgan fingerprint density at radius 2 is 2.36 bits per heavy atom. The number of carbonyl (C=O) groups is 1. The number of nitrogens with one attached hydrogen (secondary N) is 1. The molecule has 1 aromatic rings. The van der Waals surface area contributed by atoms with Crippen molar-refractivity contribution in [2.45, 2.75) is 32.2 Å². The van der Waals surface area contributed by atoms with E-state index >= 15 is 0 Å². The number of aromatic nitrogens is 2. The molecule has 0 saturated carbocycles. The number of nitrogens with zero attached hydrogens (tertiary/aromatic N) is 3. The molecule has 1 aromatic heterocycles. The minimum absolute atomic E-state index is 0.174. The molecular formula is C16H26N4O2. The first-order valence-corrected chi connectivity index (χ1v) is 8.11. The monoisotopic (exact) mass is 306 g/mol. The maximum absolute atomic E-state index is 13.0. The van der Waals surface area contributed by atoms with Crippen LogP contribution in [0, 0.1) is 5.41 Å². The van der Waals surface area contributed by atoms with Crippen LogP contribution in [0.15, 0.2) is 12.5 Å². The summed E-state index contributed by atoms with van der Waals surface area (Å²) in [6.45, 7) is 7.98. The summed E-state index contributed by atoms with van der Waals surface area (Å²) in [6.07, 6.45) is 4.89. The number of imidazole rings is 1. The van der Waals surface area contributed by atoms with Gasteiger partial charge in [0.2, 0.25) is 5.91 Å². The van der Waals surface area contributed by atoms with Gasteiger partial charge in [-0.2, -0.15) is 0 Å². The van der Waals surface area contributed by atoms with Crippen LogP contribution in [-0.4, -0.2) is 60.3 Å². The first-order valence-electron chi connectivity index (χ1n) is 8.11. The van der Waals surface area contributed by atoms with Gasteiger partial charge in [0.1, 0.15) is 0 Å². The Kier molecular flexibility index (Phi) is 4.23. The average Bonchev–Trinajstić information content (AvgIpc) is 3.19. The molecule has 6 heteroatoms. The van der Waals surface area contributed by atoms with E-state index in [-0.39, 0.29) is 17.2 Å². The second-order valence-electron chi connectivity index (χ2n) is 6.71. The summed E-state index contributed by atoms with van der Waals surface area (Å²) < 4.78 is 7.23. The Labute approximate surface area is 131 Å². The highest BCUT2D eigenvalue weighted by Crippen LogP contribution is 2.46. The number of ether oxygens (including phenoxy) is 1. The number of methoxy groups -OCH3 is 1. The smallest absolute Gasteiger partial charge is 0.230 e. The van der Waals surface area contributed by atoms with Crippen LogP contribution in [0.5, 0.6) is 0 Å². The van der Waals surface area contributed by atoms with E-state index in [0.29, 0.717) is 19.2 Å². The summed E-state index contributed by atoms with van der Waals surface area (Å²) in [5.74, 6) is 0.436. The lowest BCUT2D eigenvalue weighted by Crippen LogP contribution is -2.40. The largest absolute Gasteiger partial charge is 0.383 e. The lowest BCUT2D eigenvalue weighted by molar-refractivity contribution is -0.136. The van der Waals surface area contributed by atoms with E-state index in [2.05, 4.69) is 34.9 Å². The molecule has 1 N–H and O–H groups in total. The van der Waals surface area contributed by atoms with Crippen LogP contribution < -0.4 is 5.32 Å². The molecule has 6 nitrogen and oxygen atoms in total. The molecule has 2 saturated heterocycles. The number of hydrogen-bond acceptors (Lipinski definition) is 4. The summed E-state index contributed by atoms with van der Waals surface area (Å²) in [5, 5.41) is 3.42. The topological polar surface area (TPSA) is 59.4 Å². The molecule has 2 atom stereocenters. The van der Waals surface area contributed by atoms with Gasteiger partial charge in [0, 0.05) is 51.4 Å². The Morgan fingerprint density at radius 3 is 3.05 bits per heavy atom. The van der Waals surface area contributed by atoms with Crippen molar-refractivity contribution < 1.29 is 9.53 Å². The highest BCUT2D eigenvalue weighted by Gasteiger charge is 2.55. The SMILES string of the molecule is COCCN1CC[C@@]2(CNC[C@@H]2c2cn(C(C)C)cn2)C1=O. The molecule has 0 bridgehead atoms. The van der Waals surface area contributed by atoms with Crippen LogP contribution in [0.4, 0.5) is 0 Å². The van der Waals surface area contributed by atoms with E-state index in [9.17, 15) is 4.79 Å². The Morgan fingerprint density at radius 1 is 1.55 bits per heavy atom. The highest BCUT2D eigenvalue weighted by molar-refractivity contribution is 5.86. The number of hydrogen-bond donors (Lipinski definition) is 1. The number of amides is 1. The standard InChI is InChI=1S/C16H26N4O2/c1-12(2)20-9-14(18-11-20)13-8-17-10-16(13)4-5-19(15(16)21)6-7-22-3/h9,11-13,17H,4-8,10H2,1-3H3/t13-,16+/m1/s1. The summed E-state index contributed by atoms with van der Waals surface area (Å²) >= 11 is 0. The molecular weight excluding hydrogens is 280 g/mol. The summed E-state index contributed by atoms with van der Waals surface area (Å²) in [6, 6.07) is 0.393. The molecule has 0 radical (unpaired) electrons. The second-order valence-corrected chi connectivity index (χ2v) is 6.71. The Bertz CT molecular complexity index is 542. The lowest BCUT2D eigenvalue weighted by atomic mass is 9.75. The first-order chi connectivity index (χ1) is 10.6. The van der Waals surface area contributed by atoms with E-state index in [1.165, 1.54) is 0 Å². The van der Waals surface area contributed by atoms with Crippen molar-refractivity contribution in [3.8, 4) is 0 Å². The Balaban J connectivity index is 1.81. The van der Waals surface area contributed by atoms with Gasteiger partial charge in [-0.1, -0.05) is 0 Å². The maximum Gasteiger partial charge on any atom is 0.230 e. The minimum atomic E-state index is -0.316. The fraction of sp³-hybridized carbons (Fsp3) is 0.750. The van der Waals surface area contributed by atoms with E-state index in [1.54, 1.807) is 7.11 Å². The molecule has 2 aliphatic rings. The molecule has 22 heavy (non-hydrogen) atoms. The predicted octanol–water partition coefficient (Wildman–Crippen LogP) is 1.02. The quantitative estimate of drug-likeness (QED) is 0.882. The zero-order valence-corrected chi connectivity index (χ0v) is 13.7. The molecule has 0 aromatic carbocycles. The summed E-state index contributed by atoms with van der Waals surface area (Å²) in [5.41, 5.74) is 0.727. The van der Waals surface area contributed by atoms with E-state index < -0.39 is 0 Å². The molecule has 0 aliphatic carbocycles. The third-order valence-corrected chi connectivity index (χ3v) is 5.14. The van der Waals surface area contributed by atoms with Crippen LogP contribution >= 0.6 is 0 Å². The van der Waals surface area contributed by atoms with Crippen molar-refractivity contribution in [3.63, 3.8) is 0 Å². The van der Waals surface area contributed by atoms with Crippen LogP contribution in [0.25, 0.3) is 0 Å². The third-order valence-electron chi connectivity index (χ3n) is 5.14. The molecule has 1 amide bonds. The number of rotatable bonds is 5. The fourth-order valence-electron chi connectivity index (χ4n) is 3.72. The van der Waals surface area contributed by atoms with Gasteiger partial charge in [-0.25, -0.2) is 4.98 Å². The van der Waals surface area contributed by atoms with Crippen molar-refractivity contribution in [3.05, 3.63) is 18.2 Å². The average molecular weight is 306 g/mol. The molecule has 0 unspecified atom stereocenters. The van der Waals surface area contributed by atoms with Gasteiger partial charge in [-0.15, -0.1) is 0 Å². The van der Waals surface area contributed by atoms with Crippen LogP contribution in [0.1, 0.15) is 37.9 Å². The summed E-state index contributed by atoms with van der Waals surface area (Å²) in [7, 11) is 1.68. The first kappa shape index (κ1) is 15.5. The maximum atomic E-state index is 13.0. The van der Waals surface area contributed by atoms with E-state index in [4.69, 9.17) is 4.74 Å². The summed E-state index contributed by atoms with van der Waals surface area (Å²) in [4.78, 5) is 19.5. The minimum Gasteiger partial charge on any atom is -0.383 e. The molecule has 2 aliphatic heterocycles. The predicted molar refractivity (Wildman–Crippen MR) is 83.7 cm³/mol. The fourth-order valence-corrected chi connectivity index (χ4v) is 3.72. The van der Waals surface area contributed by atoms with Crippen molar-refractivity contribution in [1.29, 1.82) is 0 Å². The zero-order valence-electron chi connectivity index (χ0n) is 13.7. The molecule has 1 spiro atoms. The number of carbonyl (C=O) groups excluding carboxylic acids is 1. The van der Waals surface area contributed by atoms with Gasteiger partial charge in [-0.05, 0) is 20.3 Å². The van der Waals surface area contributed by atoms with E-state index in [0.717, 1.165) is 31.7 Å². The van der Waals surface area contributed by atoms with Gasteiger partial charge in [0.25, 0.3) is 0 Å². The van der Waals surface area contributed by atoms with Crippen molar-refractivity contribution >= 4 is 5.91 Å². The van der Waals surface area contributed by atoms with Crippen LogP contribution in [-0.2, 0) is 9.53 Å². The van der Waals surface area contributed by atoms with Crippen molar-refractivity contribution in [1.82, 2.24) is 19.8 Å². The van der Waals surface area contributed by atoms with Crippen LogP contribution in [0.2, 0.25) is 0 Å². The van der Waals surface area contributed by atoms with Crippen molar-refractivity contribution in [2.75, 3.05) is 39.9 Å². The van der Waals surface area contributed by atoms with Crippen LogP contribution in [0.3, 0.4) is 0 Å². The van der Waals surface area contributed by atoms with Gasteiger partial charge in [0.15, 0.2) is 0 Å². The normalized spacial score (nSPS) is 28.5. The highest BCUT2D eigenvalue weighted by atomic mass is 16.5. The van der Waals surface area contributed by atoms with Gasteiger partial charge in [-0.3, -0.25) is 4.79 Å². The van der Waals surface area contributed by atoms with Gasteiger partial charge >= 0.3 is 0 Å². The third kappa shape index (κ3) is 2.44. The molecule has 2 fully saturated rings. The second kappa shape index (κ2) is 6.01. The molecule has 3 heterocycles. The zero-order chi connectivity index (χ0) is 15.7. The lowest BCUT2D eigenvalue weighted by Gasteiger charge is -2.27. The number of likely N-dealkylation sites (tertiary alicyclic amines) is 1. The van der Waals surface area contributed by atoms with Gasteiger partial charge < -0.3 is 19.5 Å². The van der Waals surface area contributed by atoms with Gasteiger partial charge in [0.05, 0.1) is 24.0 Å². The van der Waals surface area contributed by atoms with Crippen molar-refractivity contribution in [2.24, 2.45) is 5.41 Å².